The number of nitrogens with zero attached hydrogens (tertiary/aromatic N) is 4. The molecular formula is C23H28N4O6S2. The molecule has 2 unspecified atom stereocenters. The van der Waals surface area contributed by atoms with Crippen molar-refractivity contribution in [1.82, 2.24) is 19.3 Å². The van der Waals surface area contributed by atoms with E-state index in [2.05, 4.69) is 15.0 Å². The lowest BCUT2D eigenvalue weighted by Crippen LogP contribution is -2.50. The van der Waals surface area contributed by atoms with Crippen LogP contribution in [0.25, 0.3) is 0 Å². The number of sulfonamides is 1. The maximum absolute atomic E-state index is 12.9. The molecule has 0 N–H and O–H groups in total. The first-order chi connectivity index (χ1) is 16.7. The van der Waals surface area contributed by atoms with Gasteiger partial charge in [-0.15, -0.1) is 0 Å². The van der Waals surface area contributed by atoms with Gasteiger partial charge in [0.15, 0.2) is 14.9 Å². The first kappa shape index (κ1) is 23.1. The van der Waals surface area contributed by atoms with E-state index in [1.54, 1.807) is 17.3 Å². The summed E-state index contributed by atoms with van der Waals surface area (Å²) in [4.78, 5) is 12.6. The number of piperidine rings is 1. The van der Waals surface area contributed by atoms with E-state index < -0.39 is 19.9 Å². The zero-order chi connectivity index (χ0) is 24.4. The molecule has 2 saturated carbocycles. The lowest BCUT2D eigenvalue weighted by Gasteiger charge is -2.37. The third-order valence-corrected chi connectivity index (χ3v) is 12.0. The molecule has 4 heterocycles. The van der Waals surface area contributed by atoms with Crippen molar-refractivity contribution < 1.29 is 26.3 Å². The van der Waals surface area contributed by atoms with Gasteiger partial charge in [0, 0.05) is 24.9 Å². The lowest BCUT2D eigenvalue weighted by molar-refractivity contribution is 0.0906. The number of sulfone groups is 1. The fourth-order valence-electron chi connectivity index (χ4n) is 5.19. The molecule has 2 atom stereocenters. The SMILES string of the molecule is Cc1c(Oc2ccc(S(=O)(=O)C3CC3)nc2)ncnc1OC1CC2CCC(C1)N2S(=O)(=O)C1CC1. The zero-order valence-electron chi connectivity index (χ0n) is 19.4. The highest BCUT2D eigenvalue weighted by Gasteiger charge is 2.52. The first-order valence-corrected chi connectivity index (χ1v) is 15.2. The molecule has 10 nitrogen and oxygen atoms in total. The van der Waals surface area contributed by atoms with Crippen LogP contribution in [0.3, 0.4) is 0 Å². The largest absolute Gasteiger partial charge is 0.474 e. The number of fused-ring (bicyclic) bond motifs is 2. The van der Waals surface area contributed by atoms with E-state index in [0.29, 0.717) is 48.8 Å². The van der Waals surface area contributed by atoms with Crippen molar-refractivity contribution in [1.29, 1.82) is 0 Å². The van der Waals surface area contributed by atoms with Crippen molar-refractivity contribution in [3.63, 3.8) is 0 Å². The van der Waals surface area contributed by atoms with Gasteiger partial charge in [0.1, 0.15) is 18.2 Å². The van der Waals surface area contributed by atoms with Gasteiger partial charge in [-0.1, -0.05) is 0 Å². The molecule has 2 aliphatic carbocycles. The van der Waals surface area contributed by atoms with Crippen LogP contribution >= 0.6 is 0 Å². The third-order valence-electron chi connectivity index (χ3n) is 7.31. The Morgan fingerprint density at radius 3 is 2.11 bits per heavy atom. The van der Waals surface area contributed by atoms with Gasteiger partial charge in [-0.3, -0.25) is 0 Å². The summed E-state index contributed by atoms with van der Waals surface area (Å²) < 4.78 is 64.3. The standard InChI is InChI=1S/C23H28N4O6S2/c1-14-22(32-17-4-9-21(24-12-17)34(28,29)19-5-6-19)25-13-26-23(14)33-18-10-15-2-3-16(11-18)27(15)35(30,31)20-7-8-20/h4,9,12-13,15-16,18-20H,2-3,5-8,10-11H2,1H3. The van der Waals surface area contributed by atoms with Crippen LogP contribution in [0.15, 0.2) is 29.7 Å². The van der Waals surface area contributed by atoms with E-state index >= 15 is 0 Å². The normalized spacial score (nSPS) is 27.1. The molecule has 0 spiro atoms. The van der Waals surface area contributed by atoms with Crippen LogP contribution in [0.4, 0.5) is 0 Å². The van der Waals surface area contributed by atoms with Gasteiger partial charge in [-0.25, -0.2) is 31.8 Å². The second-order valence-electron chi connectivity index (χ2n) is 9.96. The summed E-state index contributed by atoms with van der Waals surface area (Å²) in [6.45, 7) is 1.80. The van der Waals surface area contributed by atoms with Gasteiger partial charge in [0.25, 0.3) is 0 Å². The molecule has 6 rings (SSSR count). The molecule has 188 valence electrons. The maximum atomic E-state index is 12.9. The number of hydrogen-bond donors (Lipinski definition) is 0. The molecule has 12 heteroatoms. The number of ether oxygens (including phenoxy) is 2. The summed E-state index contributed by atoms with van der Waals surface area (Å²) in [6.07, 6.45) is 8.54. The van der Waals surface area contributed by atoms with Crippen LogP contribution in [-0.2, 0) is 19.9 Å². The van der Waals surface area contributed by atoms with E-state index in [1.165, 1.54) is 18.6 Å². The molecule has 0 aromatic carbocycles. The fraction of sp³-hybridized carbons (Fsp3) is 0.609. The second-order valence-corrected chi connectivity index (χ2v) is 14.3. The lowest BCUT2D eigenvalue weighted by atomic mass is 10.0. The number of aromatic nitrogens is 3. The minimum Gasteiger partial charge on any atom is -0.474 e. The van der Waals surface area contributed by atoms with Crippen molar-refractivity contribution >= 4 is 19.9 Å². The average Bonchev–Trinajstić information content (AvgIpc) is 3.73. The highest BCUT2D eigenvalue weighted by Crippen LogP contribution is 2.44. The summed E-state index contributed by atoms with van der Waals surface area (Å²) in [5.41, 5.74) is 0.613. The molecule has 4 aliphatic rings. The van der Waals surface area contributed by atoms with E-state index in [1.807, 2.05) is 0 Å². The minimum atomic E-state index is -3.36. The van der Waals surface area contributed by atoms with Crippen LogP contribution < -0.4 is 9.47 Å². The Bertz CT molecular complexity index is 1330. The van der Waals surface area contributed by atoms with Gasteiger partial charge >= 0.3 is 0 Å². The topological polar surface area (TPSA) is 129 Å². The predicted molar refractivity (Wildman–Crippen MR) is 126 cm³/mol. The van der Waals surface area contributed by atoms with Crippen molar-refractivity contribution in [3.8, 4) is 17.5 Å². The Morgan fingerprint density at radius 1 is 0.857 bits per heavy atom. The van der Waals surface area contributed by atoms with Crippen LogP contribution in [0.1, 0.15) is 56.9 Å². The van der Waals surface area contributed by atoms with Crippen LogP contribution in [0.2, 0.25) is 0 Å². The van der Waals surface area contributed by atoms with Crippen molar-refractivity contribution in [2.75, 3.05) is 0 Å². The Balaban J connectivity index is 1.14. The van der Waals surface area contributed by atoms with E-state index in [-0.39, 0.29) is 33.7 Å². The Hall–Kier alpha value is -2.31. The molecule has 2 aromatic heterocycles. The van der Waals surface area contributed by atoms with Gasteiger partial charge < -0.3 is 9.47 Å². The Labute approximate surface area is 205 Å². The molecule has 2 bridgehead atoms. The van der Waals surface area contributed by atoms with E-state index in [0.717, 1.165) is 25.7 Å². The van der Waals surface area contributed by atoms with E-state index in [9.17, 15) is 16.8 Å². The number of hydrogen-bond acceptors (Lipinski definition) is 9. The number of pyridine rings is 1. The summed E-state index contributed by atoms with van der Waals surface area (Å²) >= 11 is 0. The molecule has 2 aromatic rings. The quantitative estimate of drug-likeness (QED) is 0.516. The van der Waals surface area contributed by atoms with Crippen LogP contribution in [-0.4, -0.2) is 64.8 Å². The van der Waals surface area contributed by atoms with Gasteiger partial charge in [0.2, 0.25) is 21.8 Å². The maximum Gasteiger partial charge on any atom is 0.229 e. The average molecular weight is 521 g/mol. The molecular weight excluding hydrogens is 492 g/mol. The Kier molecular flexibility index (Phi) is 5.53. The van der Waals surface area contributed by atoms with Crippen molar-refractivity contribution in [2.45, 2.75) is 92.0 Å². The van der Waals surface area contributed by atoms with Gasteiger partial charge in [-0.05, 0) is 57.6 Å². The fourth-order valence-corrected chi connectivity index (χ4v) is 9.03. The molecule has 2 aliphatic heterocycles. The highest BCUT2D eigenvalue weighted by molar-refractivity contribution is 7.92. The molecule has 4 fully saturated rings. The first-order valence-electron chi connectivity index (χ1n) is 12.1. The van der Waals surface area contributed by atoms with Gasteiger partial charge in [-0.2, -0.15) is 4.31 Å². The summed E-state index contributed by atoms with van der Waals surface area (Å²) in [7, 11) is -6.55. The second kappa shape index (κ2) is 8.38. The predicted octanol–water partition coefficient (Wildman–Crippen LogP) is 2.77. The van der Waals surface area contributed by atoms with Crippen molar-refractivity contribution in [2.24, 2.45) is 0 Å². The zero-order valence-corrected chi connectivity index (χ0v) is 21.0. The monoisotopic (exact) mass is 520 g/mol. The summed E-state index contributed by atoms with van der Waals surface area (Å²) in [6, 6.07) is 2.99. The van der Waals surface area contributed by atoms with Gasteiger partial charge in [0.05, 0.1) is 22.3 Å². The Morgan fingerprint density at radius 2 is 1.51 bits per heavy atom. The smallest absolute Gasteiger partial charge is 0.229 e. The summed E-state index contributed by atoms with van der Waals surface area (Å²) in [5.74, 6) is 1.06. The molecule has 0 radical (unpaired) electrons. The third kappa shape index (κ3) is 4.29. The van der Waals surface area contributed by atoms with Crippen LogP contribution in [0.5, 0.6) is 17.5 Å². The van der Waals surface area contributed by atoms with Crippen LogP contribution in [0, 0.1) is 6.92 Å². The highest BCUT2D eigenvalue weighted by atomic mass is 32.2. The van der Waals surface area contributed by atoms with E-state index in [4.69, 9.17) is 9.47 Å². The molecule has 2 saturated heterocycles. The minimum absolute atomic E-state index is 0.0151. The molecule has 35 heavy (non-hydrogen) atoms. The van der Waals surface area contributed by atoms with Crippen molar-refractivity contribution in [3.05, 3.63) is 30.2 Å². The summed E-state index contributed by atoms with van der Waals surface area (Å²) in [5, 5.41) is -0.453. The molecule has 0 amide bonds. The number of rotatable bonds is 8.